The average molecular weight is 372 g/mol. The van der Waals surface area contributed by atoms with E-state index in [1.54, 1.807) is 7.05 Å². The first-order valence-electron chi connectivity index (χ1n) is 9.28. The Morgan fingerprint density at radius 2 is 2.08 bits per heavy atom. The summed E-state index contributed by atoms with van der Waals surface area (Å²) < 4.78 is 5.88. The van der Waals surface area contributed by atoms with Crippen molar-refractivity contribution in [3.8, 4) is 5.75 Å². The lowest BCUT2D eigenvalue weighted by atomic mass is 10.0. The van der Waals surface area contributed by atoms with Crippen LogP contribution < -0.4 is 15.0 Å². The van der Waals surface area contributed by atoms with Crippen molar-refractivity contribution in [3.05, 3.63) is 35.4 Å². The van der Waals surface area contributed by atoms with E-state index in [4.69, 9.17) is 4.74 Å². The van der Waals surface area contributed by atoms with Crippen LogP contribution in [0, 0.1) is 6.92 Å². The number of carbonyl (C=O) groups excluding carboxylic acids is 1. The van der Waals surface area contributed by atoms with Crippen LogP contribution in [0.1, 0.15) is 48.0 Å². The van der Waals surface area contributed by atoms with Crippen molar-refractivity contribution in [2.24, 2.45) is 0 Å². The second-order valence-corrected chi connectivity index (χ2v) is 8.35. The molecule has 1 aromatic heterocycles. The molecule has 1 aliphatic heterocycles. The van der Waals surface area contributed by atoms with E-state index in [1.165, 1.54) is 37.1 Å². The van der Waals surface area contributed by atoms with Gasteiger partial charge in [0, 0.05) is 29.6 Å². The third-order valence-corrected chi connectivity index (χ3v) is 6.47. The first-order chi connectivity index (χ1) is 12.7. The Hall–Kier alpha value is -2.08. The number of nitrogens with zero attached hydrogens (tertiary/aromatic N) is 1. The molecule has 4 rings (SSSR count). The Kier molecular flexibility index (Phi) is 4.85. The smallest absolute Gasteiger partial charge is 0.251 e. The second-order valence-electron chi connectivity index (χ2n) is 7.00. The van der Waals surface area contributed by atoms with E-state index in [-0.39, 0.29) is 5.91 Å². The summed E-state index contributed by atoms with van der Waals surface area (Å²) in [6.45, 7) is 2.46. The van der Waals surface area contributed by atoms with E-state index in [0.717, 1.165) is 22.8 Å². The van der Waals surface area contributed by atoms with Crippen molar-refractivity contribution in [3.63, 3.8) is 0 Å². The normalized spacial score (nSPS) is 17.1. The zero-order chi connectivity index (χ0) is 18.1. The molecule has 2 aliphatic rings. The zero-order valence-electron chi connectivity index (χ0n) is 15.3. The number of aromatic nitrogens is 1. The number of thioether (sulfide) groups is 1. The standard InChI is InChI=1S/C20H25N3O2S/c1-13-10-14(8-9-16(13)20(24)21-2)23-12-25-17-11-18(22-19(17)23)26-15-6-4-3-5-7-15/h8-11,15,22H,3-7,12H2,1-2H3,(H,21,24). The number of hydrogen-bond acceptors (Lipinski definition) is 4. The molecule has 1 amide bonds. The Balaban J connectivity index is 1.54. The number of anilines is 2. The Bertz CT molecular complexity index is 811. The fourth-order valence-corrected chi connectivity index (χ4v) is 5.00. The fourth-order valence-electron chi connectivity index (χ4n) is 3.75. The molecule has 0 atom stereocenters. The molecule has 2 N–H and O–H groups in total. The highest BCUT2D eigenvalue weighted by atomic mass is 32.2. The average Bonchev–Trinajstić information content (AvgIpc) is 3.22. The summed E-state index contributed by atoms with van der Waals surface area (Å²) in [5, 5.41) is 4.58. The Labute approximate surface area is 158 Å². The third kappa shape index (κ3) is 3.30. The summed E-state index contributed by atoms with van der Waals surface area (Å²) in [6, 6.07) is 8.02. The van der Waals surface area contributed by atoms with Gasteiger partial charge < -0.3 is 15.0 Å². The van der Waals surface area contributed by atoms with Crippen molar-refractivity contribution < 1.29 is 9.53 Å². The fraction of sp³-hybridized carbons (Fsp3) is 0.450. The van der Waals surface area contributed by atoms with Crippen LogP contribution in [0.2, 0.25) is 0 Å². The van der Waals surface area contributed by atoms with Gasteiger partial charge in [-0.15, -0.1) is 11.8 Å². The van der Waals surface area contributed by atoms with Crippen molar-refractivity contribution in [1.82, 2.24) is 10.3 Å². The SMILES string of the molecule is CNC(=O)c1ccc(N2COc3cc(SC4CCCCC4)[nH]c32)cc1C. The van der Waals surface area contributed by atoms with Gasteiger partial charge in [-0.05, 0) is 43.5 Å². The minimum absolute atomic E-state index is 0.0570. The molecule has 138 valence electrons. The lowest BCUT2D eigenvalue weighted by Crippen LogP contribution is -2.20. The minimum atomic E-state index is -0.0570. The third-order valence-electron chi connectivity index (χ3n) is 5.20. The van der Waals surface area contributed by atoms with E-state index >= 15 is 0 Å². The molecule has 1 fully saturated rings. The van der Waals surface area contributed by atoms with Gasteiger partial charge in [0.1, 0.15) is 0 Å². The summed E-state index contributed by atoms with van der Waals surface area (Å²) in [4.78, 5) is 17.6. The molecule has 1 aromatic carbocycles. The van der Waals surface area contributed by atoms with Gasteiger partial charge in [0.25, 0.3) is 5.91 Å². The van der Waals surface area contributed by atoms with Gasteiger partial charge in [0.2, 0.25) is 0 Å². The van der Waals surface area contributed by atoms with Crippen molar-refractivity contribution >= 4 is 29.2 Å². The van der Waals surface area contributed by atoms with Crippen molar-refractivity contribution in [2.75, 3.05) is 18.7 Å². The maximum Gasteiger partial charge on any atom is 0.251 e. The molecule has 0 radical (unpaired) electrons. The molecule has 2 aromatic rings. The van der Waals surface area contributed by atoms with E-state index in [9.17, 15) is 4.79 Å². The van der Waals surface area contributed by atoms with Crippen LogP contribution in [0.3, 0.4) is 0 Å². The highest BCUT2D eigenvalue weighted by Gasteiger charge is 2.27. The number of rotatable bonds is 4. The number of H-pyrrole nitrogens is 1. The Morgan fingerprint density at radius 1 is 1.27 bits per heavy atom. The highest BCUT2D eigenvalue weighted by Crippen LogP contribution is 2.43. The number of nitrogens with one attached hydrogen (secondary N) is 2. The molecule has 0 bridgehead atoms. The first-order valence-corrected chi connectivity index (χ1v) is 10.2. The molecule has 6 heteroatoms. The summed E-state index contributed by atoms with van der Waals surface area (Å²) in [5.74, 6) is 1.87. The van der Waals surface area contributed by atoms with Crippen LogP contribution in [-0.2, 0) is 0 Å². The Morgan fingerprint density at radius 3 is 2.81 bits per heavy atom. The summed E-state index contributed by atoms with van der Waals surface area (Å²) in [7, 11) is 1.65. The predicted octanol–water partition coefficient (Wildman–Crippen LogP) is 4.60. The molecule has 2 heterocycles. The highest BCUT2D eigenvalue weighted by molar-refractivity contribution is 7.99. The quantitative estimate of drug-likeness (QED) is 0.825. The minimum Gasteiger partial charge on any atom is -0.469 e. The van der Waals surface area contributed by atoms with E-state index < -0.39 is 0 Å². The number of aryl methyl sites for hydroxylation is 1. The van der Waals surface area contributed by atoms with E-state index in [2.05, 4.69) is 21.3 Å². The first kappa shape index (κ1) is 17.3. The van der Waals surface area contributed by atoms with Crippen LogP contribution in [0.25, 0.3) is 0 Å². The van der Waals surface area contributed by atoms with Crippen LogP contribution in [-0.4, -0.2) is 29.9 Å². The zero-order valence-corrected chi connectivity index (χ0v) is 16.1. The number of hydrogen-bond donors (Lipinski definition) is 2. The number of carbonyl (C=O) groups is 1. The molecule has 1 saturated carbocycles. The van der Waals surface area contributed by atoms with Crippen LogP contribution >= 0.6 is 11.8 Å². The molecule has 0 spiro atoms. The summed E-state index contributed by atoms with van der Waals surface area (Å²) in [5.41, 5.74) is 2.69. The monoisotopic (exact) mass is 371 g/mol. The summed E-state index contributed by atoms with van der Waals surface area (Å²) in [6.07, 6.45) is 6.67. The molecule has 1 aliphatic carbocycles. The van der Waals surface area contributed by atoms with Gasteiger partial charge in [0.15, 0.2) is 18.3 Å². The van der Waals surface area contributed by atoms with Gasteiger partial charge in [-0.25, -0.2) is 0 Å². The lowest BCUT2D eigenvalue weighted by molar-refractivity contribution is 0.0962. The maximum absolute atomic E-state index is 11.9. The number of aromatic amines is 1. The number of amides is 1. The maximum atomic E-state index is 11.9. The summed E-state index contributed by atoms with van der Waals surface area (Å²) >= 11 is 1.94. The molecular weight excluding hydrogens is 346 g/mol. The molecule has 5 nitrogen and oxygen atoms in total. The topological polar surface area (TPSA) is 57.4 Å². The van der Waals surface area contributed by atoms with Crippen molar-refractivity contribution in [1.29, 1.82) is 0 Å². The molecule has 0 unspecified atom stereocenters. The van der Waals surface area contributed by atoms with E-state index in [1.807, 2.05) is 36.9 Å². The molecular formula is C20H25N3O2S. The molecule has 0 saturated heterocycles. The van der Waals surface area contributed by atoms with Gasteiger partial charge >= 0.3 is 0 Å². The van der Waals surface area contributed by atoms with E-state index in [0.29, 0.717) is 17.5 Å². The lowest BCUT2D eigenvalue weighted by Gasteiger charge is -2.21. The number of fused-ring (bicyclic) bond motifs is 1. The number of benzene rings is 1. The van der Waals surface area contributed by atoms with Gasteiger partial charge in [0.05, 0.1) is 5.03 Å². The van der Waals surface area contributed by atoms with Crippen LogP contribution in [0.15, 0.2) is 29.3 Å². The number of ether oxygens (including phenoxy) is 1. The largest absolute Gasteiger partial charge is 0.469 e. The van der Waals surface area contributed by atoms with Gasteiger partial charge in [-0.2, -0.15) is 0 Å². The van der Waals surface area contributed by atoms with Gasteiger partial charge in [-0.3, -0.25) is 9.69 Å². The van der Waals surface area contributed by atoms with Crippen molar-refractivity contribution in [2.45, 2.75) is 49.3 Å². The van der Waals surface area contributed by atoms with Gasteiger partial charge in [-0.1, -0.05) is 19.3 Å². The van der Waals surface area contributed by atoms with Crippen LogP contribution in [0.5, 0.6) is 5.75 Å². The second kappa shape index (κ2) is 7.27. The molecule has 26 heavy (non-hydrogen) atoms. The van der Waals surface area contributed by atoms with Crippen LogP contribution in [0.4, 0.5) is 11.5 Å². The predicted molar refractivity (Wildman–Crippen MR) is 106 cm³/mol.